The quantitative estimate of drug-likeness (QED) is 0.869. The molecule has 0 aromatic heterocycles. The van der Waals surface area contributed by atoms with E-state index in [0.29, 0.717) is 11.7 Å². The lowest BCUT2D eigenvalue weighted by molar-refractivity contribution is 0.0697. The molecule has 3 rings (SSSR count). The molecule has 2 N–H and O–H groups in total. The number of ether oxygens (including phenoxy) is 1. The molecule has 2 aliphatic rings. The second-order valence-electron chi connectivity index (χ2n) is 5.04. The van der Waals surface area contributed by atoms with Gasteiger partial charge in [-0.15, -0.1) is 0 Å². The first-order valence-corrected chi connectivity index (χ1v) is 6.72. The van der Waals surface area contributed by atoms with Gasteiger partial charge in [-0.2, -0.15) is 0 Å². The Morgan fingerprint density at radius 3 is 3.16 bits per heavy atom. The van der Waals surface area contributed by atoms with Gasteiger partial charge in [0.05, 0.1) is 23.0 Å². The van der Waals surface area contributed by atoms with Gasteiger partial charge >= 0.3 is 5.97 Å². The predicted molar refractivity (Wildman–Crippen MR) is 73.1 cm³/mol. The van der Waals surface area contributed by atoms with Gasteiger partial charge in [0.15, 0.2) is 0 Å². The number of fused-ring (bicyclic) bond motifs is 1. The standard InChI is InChI=1S/C14H18N2O3/c17-14(18)10-3-4-13-12(8-10)15-5-6-16(13)9-11-2-1-7-19-11/h3-4,8,11,15H,1-2,5-7,9H2,(H,17,18). The highest BCUT2D eigenvalue weighted by Crippen LogP contribution is 2.31. The number of hydrogen-bond acceptors (Lipinski definition) is 4. The molecule has 0 saturated carbocycles. The molecule has 1 saturated heterocycles. The lowest BCUT2D eigenvalue weighted by Crippen LogP contribution is -2.39. The van der Waals surface area contributed by atoms with Crippen LogP contribution in [0.15, 0.2) is 18.2 Å². The minimum Gasteiger partial charge on any atom is -0.478 e. The van der Waals surface area contributed by atoms with Crippen LogP contribution in [0, 0.1) is 0 Å². The molecule has 19 heavy (non-hydrogen) atoms. The van der Waals surface area contributed by atoms with Crippen LogP contribution in [0.1, 0.15) is 23.2 Å². The maximum absolute atomic E-state index is 11.0. The van der Waals surface area contributed by atoms with Crippen molar-refractivity contribution in [1.29, 1.82) is 0 Å². The molecule has 1 atom stereocenters. The maximum atomic E-state index is 11.0. The number of nitrogens with zero attached hydrogens (tertiary/aromatic N) is 1. The van der Waals surface area contributed by atoms with Crippen molar-refractivity contribution in [2.24, 2.45) is 0 Å². The summed E-state index contributed by atoms with van der Waals surface area (Å²) in [6.45, 7) is 3.52. The van der Waals surface area contributed by atoms with Gasteiger partial charge in [-0.05, 0) is 31.0 Å². The molecule has 5 heteroatoms. The van der Waals surface area contributed by atoms with Crippen molar-refractivity contribution in [1.82, 2.24) is 0 Å². The van der Waals surface area contributed by atoms with E-state index in [2.05, 4.69) is 10.2 Å². The Hall–Kier alpha value is -1.75. The number of benzene rings is 1. The Labute approximate surface area is 112 Å². The van der Waals surface area contributed by atoms with Crippen LogP contribution in [0.25, 0.3) is 0 Å². The molecule has 0 aliphatic carbocycles. The van der Waals surface area contributed by atoms with E-state index in [1.54, 1.807) is 12.1 Å². The molecule has 1 aromatic rings. The van der Waals surface area contributed by atoms with E-state index in [4.69, 9.17) is 9.84 Å². The maximum Gasteiger partial charge on any atom is 0.335 e. The van der Waals surface area contributed by atoms with Crippen LogP contribution in [-0.4, -0.2) is 43.4 Å². The van der Waals surface area contributed by atoms with E-state index < -0.39 is 5.97 Å². The van der Waals surface area contributed by atoms with Crippen LogP contribution in [0.5, 0.6) is 0 Å². The van der Waals surface area contributed by atoms with Crippen LogP contribution < -0.4 is 10.2 Å². The van der Waals surface area contributed by atoms with Gasteiger partial charge in [0.25, 0.3) is 0 Å². The second kappa shape index (κ2) is 5.09. The van der Waals surface area contributed by atoms with Crippen molar-refractivity contribution in [2.75, 3.05) is 36.5 Å². The van der Waals surface area contributed by atoms with Crippen molar-refractivity contribution < 1.29 is 14.6 Å². The summed E-state index contributed by atoms with van der Waals surface area (Å²) in [5.41, 5.74) is 2.31. The molecule has 1 fully saturated rings. The first-order chi connectivity index (χ1) is 9.24. The summed E-state index contributed by atoms with van der Waals surface area (Å²) in [5, 5.41) is 12.3. The fourth-order valence-electron chi connectivity index (χ4n) is 2.76. The molecular weight excluding hydrogens is 244 g/mol. The third kappa shape index (κ3) is 2.51. The average Bonchev–Trinajstić information content (AvgIpc) is 2.91. The van der Waals surface area contributed by atoms with E-state index in [1.807, 2.05) is 6.07 Å². The fraction of sp³-hybridized carbons (Fsp3) is 0.500. The molecule has 0 radical (unpaired) electrons. The van der Waals surface area contributed by atoms with Crippen molar-refractivity contribution in [3.63, 3.8) is 0 Å². The van der Waals surface area contributed by atoms with E-state index in [0.717, 1.165) is 50.5 Å². The van der Waals surface area contributed by atoms with Crippen LogP contribution in [0.2, 0.25) is 0 Å². The Bertz CT molecular complexity index is 484. The molecule has 5 nitrogen and oxygen atoms in total. The number of aromatic carboxylic acids is 1. The first kappa shape index (κ1) is 12.3. The number of carboxylic acid groups (broad SMARTS) is 1. The smallest absolute Gasteiger partial charge is 0.335 e. The monoisotopic (exact) mass is 262 g/mol. The van der Waals surface area contributed by atoms with Gasteiger partial charge in [-0.1, -0.05) is 0 Å². The third-order valence-corrected chi connectivity index (χ3v) is 3.73. The molecule has 2 heterocycles. The zero-order valence-corrected chi connectivity index (χ0v) is 10.8. The predicted octanol–water partition coefficient (Wildman–Crippen LogP) is 1.80. The van der Waals surface area contributed by atoms with E-state index >= 15 is 0 Å². The summed E-state index contributed by atoms with van der Waals surface area (Å²) in [4.78, 5) is 13.3. The topological polar surface area (TPSA) is 61.8 Å². The number of hydrogen-bond donors (Lipinski definition) is 2. The van der Waals surface area contributed by atoms with Gasteiger partial charge in [-0.25, -0.2) is 4.79 Å². The Morgan fingerprint density at radius 1 is 1.53 bits per heavy atom. The molecule has 0 amide bonds. The summed E-state index contributed by atoms with van der Waals surface area (Å²) in [6, 6.07) is 5.26. The molecule has 0 spiro atoms. The Morgan fingerprint density at radius 2 is 2.42 bits per heavy atom. The van der Waals surface area contributed by atoms with Gasteiger partial charge in [0.2, 0.25) is 0 Å². The zero-order chi connectivity index (χ0) is 13.2. The van der Waals surface area contributed by atoms with Crippen LogP contribution in [0.3, 0.4) is 0 Å². The number of rotatable bonds is 3. The van der Waals surface area contributed by atoms with Crippen LogP contribution in [0.4, 0.5) is 11.4 Å². The Kier molecular flexibility index (Phi) is 3.29. The van der Waals surface area contributed by atoms with E-state index in [1.165, 1.54) is 0 Å². The fourth-order valence-corrected chi connectivity index (χ4v) is 2.76. The SMILES string of the molecule is O=C(O)c1ccc2c(c1)NCCN2CC1CCCO1. The summed E-state index contributed by atoms with van der Waals surface area (Å²) >= 11 is 0. The van der Waals surface area contributed by atoms with Gasteiger partial charge in [-0.3, -0.25) is 0 Å². The summed E-state index contributed by atoms with van der Waals surface area (Å²) in [6.07, 6.45) is 2.57. The van der Waals surface area contributed by atoms with Gasteiger partial charge in [0, 0.05) is 26.2 Å². The Balaban J connectivity index is 1.81. The first-order valence-electron chi connectivity index (χ1n) is 6.72. The third-order valence-electron chi connectivity index (χ3n) is 3.73. The number of carbonyl (C=O) groups is 1. The summed E-state index contributed by atoms with van der Waals surface area (Å²) < 4.78 is 5.68. The lowest BCUT2D eigenvalue weighted by Gasteiger charge is -2.33. The zero-order valence-electron chi connectivity index (χ0n) is 10.8. The summed E-state index contributed by atoms with van der Waals surface area (Å²) in [5.74, 6) is -0.888. The molecule has 1 aromatic carbocycles. The lowest BCUT2D eigenvalue weighted by atomic mass is 10.1. The minimum absolute atomic E-state index is 0.310. The normalized spacial score (nSPS) is 21.9. The largest absolute Gasteiger partial charge is 0.478 e. The van der Waals surface area contributed by atoms with Crippen molar-refractivity contribution in [2.45, 2.75) is 18.9 Å². The van der Waals surface area contributed by atoms with Gasteiger partial charge in [0.1, 0.15) is 0 Å². The van der Waals surface area contributed by atoms with Crippen molar-refractivity contribution in [3.8, 4) is 0 Å². The average molecular weight is 262 g/mol. The molecular formula is C14H18N2O3. The molecule has 102 valence electrons. The van der Waals surface area contributed by atoms with E-state index in [-0.39, 0.29) is 0 Å². The molecule has 2 aliphatic heterocycles. The van der Waals surface area contributed by atoms with Crippen LogP contribution >= 0.6 is 0 Å². The van der Waals surface area contributed by atoms with Crippen molar-refractivity contribution in [3.05, 3.63) is 23.8 Å². The molecule has 0 bridgehead atoms. The second-order valence-corrected chi connectivity index (χ2v) is 5.04. The number of nitrogens with one attached hydrogen (secondary N) is 1. The van der Waals surface area contributed by atoms with E-state index in [9.17, 15) is 4.79 Å². The minimum atomic E-state index is -0.888. The highest BCUT2D eigenvalue weighted by molar-refractivity contribution is 5.91. The van der Waals surface area contributed by atoms with Crippen molar-refractivity contribution >= 4 is 17.3 Å². The highest BCUT2D eigenvalue weighted by Gasteiger charge is 2.23. The summed E-state index contributed by atoms with van der Waals surface area (Å²) in [7, 11) is 0. The van der Waals surface area contributed by atoms with Crippen LogP contribution in [-0.2, 0) is 4.74 Å². The van der Waals surface area contributed by atoms with Gasteiger partial charge < -0.3 is 20.1 Å². The number of anilines is 2. The number of carboxylic acids is 1. The molecule has 1 unspecified atom stereocenters. The highest BCUT2D eigenvalue weighted by atomic mass is 16.5.